The van der Waals surface area contributed by atoms with E-state index in [1.165, 1.54) is 18.9 Å². The summed E-state index contributed by atoms with van der Waals surface area (Å²) in [5, 5.41) is 2.43. The zero-order valence-electron chi connectivity index (χ0n) is 16.9. The van der Waals surface area contributed by atoms with E-state index < -0.39 is 5.25 Å². The number of methoxy groups -OCH3 is 3. The number of hydrogen-bond acceptors (Lipinski definition) is 7. The number of benzene rings is 2. The molecule has 1 unspecified atom stereocenters. The maximum atomic E-state index is 12.8. The highest BCUT2D eigenvalue weighted by Gasteiger charge is 2.19. The Morgan fingerprint density at radius 3 is 2.48 bits per heavy atom. The van der Waals surface area contributed by atoms with Crippen molar-refractivity contribution in [2.75, 3.05) is 39.9 Å². The van der Waals surface area contributed by atoms with Crippen molar-refractivity contribution >= 4 is 29.3 Å². The molecule has 8 heteroatoms. The molecule has 0 fully saturated rings. The molecule has 2 aromatic rings. The van der Waals surface area contributed by atoms with Crippen LogP contribution in [0.2, 0.25) is 0 Å². The fourth-order valence-electron chi connectivity index (χ4n) is 2.46. The quantitative estimate of drug-likeness (QED) is 0.358. The molecule has 0 heterocycles. The average Bonchev–Trinajstić information content (AvgIpc) is 2.73. The van der Waals surface area contributed by atoms with E-state index in [1.807, 2.05) is 6.07 Å². The van der Waals surface area contributed by atoms with Crippen LogP contribution in [0.15, 0.2) is 47.4 Å². The molecule has 1 amide bonds. The van der Waals surface area contributed by atoms with Crippen molar-refractivity contribution in [1.82, 2.24) is 0 Å². The molecule has 0 saturated heterocycles. The molecular formula is C21H25NO6S. The molecule has 7 nitrogen and oxygen atoms in total. The molecule has 0 saturated carbocycles. The van der Waals surface area contributed by atoms with Gasteiger partial charge in [-0.2, -0.15) is 0 Å². The first kappa shape index (κ1) is 22.6. The molecular weight excluding hydrogens is 394 g/mol. The summed E-state index contributed by atoms with van der Waals surface area (Å²) in [6, 6.07) is 12.2. The van der Waals surface area contributed by atoms with E-state index in [4.69, 9.17) is 18.9 Å². The molecule has 2 rings (SSSR count). The van der Waals surface area contributed by atoms with Crippen LogP contribution < -0.4 is 14.8 Å². The lowest BCUT2D eigenvalue weighted by atomic mass is 10.2. The van der Waals surface area contributed by atoms with Gasteiger partial charge in [0.05, 0.1) is 26.4 Å². The summed E-state index contributed by atoms with van der Waals surface area (Å²) in [7, 11) is 4.48. The van der Waals surface area contributed by atoms with Gasteiger partial charge in [0.1, 0.15) is 11.9 Å². The second-order valence-electron chi connectivity index (χ2n) is 5.94. The summed E-state index contributed by atoms with van der Waals surface area (Å²) in [6.07, 6.45) is 0. The molecule has 1 N–H and O–H groups in total. The van der Waals surface area contributed by atoms with Crippen molar-refractivity contribution in [1.29, 1.82) is 0 Å². The zero-order chi connectivity index (χ0) is 21.2. The van der Waals surface area contributed by atoms with Crippen LogP contribution in [0, 0.1) is 0 Å². The summed E-state index contributed by atoms with van der Waals surface area (Å²) in [4.78, 5) is 25.3. The maximum Gasteiger partial charge on any atom is 0.318 e. The minimum atomic E-state index is -0.435. The van der Waals surface area contributed by atoms with Crippen LogP contribution in [0.4, 0.5) is 5.69 Å². The van der Waals surface area contributed by atoms with E-state index in [2.05, 4.69) is 5.32 Å². The van der Waals surface area contributed by atoms with Crippen molar-refractivity contribution < 1.29 is 28.5 Å². The van der Waals surface area contributed by atoms with Gasteiger partial charge < -0.3 is 24.3 Å². The monoisotopic (exact) mass is 419 g/mol. The molecule has 0 aromatic heterocycles. The number of rotatable bonds is 10. The van der Waals surface area contributed by atoms with Gasteiger partial charge in [-0.25, -0.2) is 0 Å². The molecule has 0 bridgehead atoms. The van der Waals surface area contributed by atoms with Gasteiger partial charge in [-0.1, -0.05) is 12.1 Å². The Morgan fingerprint density at radius 1 is 1.03 bits per heavy atom. The predicted octanol–water partition coefficient (Wildman–Crippen LogP) is 3.63. The lowest BCUT2D eigenvalue weighted by Gasteiger charge is -2.15. The lowest BCUT2D eigenvalue weighted by Crippen LogP contribution is -2.17. The minimum absolute atomic E-state index is 0.293. The molecule has 0 aliphatic rings. The van der Waals surface area contributed by atoms with Gasteiger partial charge in [0.15, 0.2) is 11.5 Å². The second kappa shape index (κ2) is 11.3. The van der Waals surface area contributed by atoms with Crippen LogP contribution >= 0.6 is 11.8 Å². The van der Waals surface area contributed by atoms with E-state index in [-0.39, 0.29) is 11.9 Å². The summed E-state index contributed by atoms with van der Waals surface area (Å²) >= 11 is 1.27. The van der Waals surface area contributed by atoms with Gasteiger partial charge in [-0.15, -0.1) is 11.8 Å². The normalized spacial score (nSPS) is 11.4. The first-order valence-electron chi connectivity index (χ1n) is 8.94. The fourth-order valence-corrected chi connectivity index (χ4v) is 3.48. The standard InChI is InChI=1S/C21H25NO6S/c1-14(21(24)27-4)29-19-8-6-5-7-16(19)20(23)22-15-9-10-17(26-3)18(13-15)28-12-11-25-2/h5-10,13-14H,11-12H2,1-4H3,(H,22,23). The number of anilines is 1. The Bertz CT molecular complexity index is 842. The van der Waals surface area contributed by atoms with Gasteiger partial charge in [-0.05, 0) is 31.2 Å². The van der Waals surface area contributed by atoms with Gasteiger partial charge in [-0.3, -0.25) is 9.59 Å². The topological polar surface area (TPSA) is 83.1 Å². The lowest BCUT2D eigenvalue weighted by molar-refractivity contribution is -0.139. The van der Waals surface area contributed by atoms with E-state index in [0.717, 1.165) is 0 Å². The number of carbonyl (C=O) groups is 2. The van der Waals surface area contributed by atoms with Gasteiger partial charge in [0, 0.05) is 23.8 Å². The number of nitrogens with one attached hydrogen (secondary N) is 1. The van der Waals surface area contributed by atoms with E-state index in [1.54, 1.807) is 57.5 Å². The van der Waals surface area contributed by atoms with E-state index in [0.29, 0.717) is 40.9 Å². The third kappa shape index (κ3) is 6.40. The molecule has 0 aliphatic heterocycles. The fraction of sp³-hybridized carbons (Fsp3) is 0.333. The van der Waals surface area contributed by atoms with Crippen LogP contribution in [0.25, 0.3) is 0 Å². The average molecular weight is 419 g/mol. The highest BCUT2D eigenvalue weighted by atomic mass is 32.2. The van der Waals surface area contributed by atoms with Gasteiger partial charge >= 0.3 is 5.97 Å². The van der Waals surface area contributed by atoms with Crippen molar-refractivity contribution in [3.8, 4) is 11.5 Å². The summed E-state index contributed by atoms with van der Waals surface area (Å²) in [5.41, 5.74) is 1.02. The highest BCUT2D eigenvalue weighted by Crippen LogP contribution is 2.32. The molecule has 29 heavy (non-hydrogen) atoms. The molecule has 0 aliphatic carbocycles. The smallest absolute Gasteiger partial charge is 0.318 e. The Kier molecular flexibility index (Phi) is 8.82. The number of carbonyl (C=O) groups excluding carboxylic acids is 2. The Hall–Kier alpha value is -2.71. The number of thioether (sulfide) groups is 1. The van der Waals surface area contributed by atoms with Crippen LogP contribution in [0.1, 0.15) is 17.3 Å². The third-order valence-electron chi connectivity index (χ3n) is 3.94. The molecule has 156 valence electrons. The molecule has 0 radical (unpaired) electrons. The van der Waals surface area contributed by atoms with Crippen LogP contribution in [-0.2, 0) is 14.3 Å². The molecule has 2 aromatic carbocycles. The van der Waals surface area contributed by atoms with Gasteiger partial charge in [0.25, 0.3) is 5.91 Å². The minimum Gasteiger partial charge on any atom is -0.493 e. The van der Waals surface area contributed by atoms with Crippen molar-refractivity contribution in [3.63, 3.8) is 0 Å². The van der Waals surface area contributed by atoms with Crippen molar-refractivity contribution in [2.45, 2.75) is 17.1 Å². The largest absolute Gasteiger partial charge is 0.493 e. The Labute approximate surface area is 174 Å². The predicted molar refractivity (Wildman–Crippen MR) is 112 cm³/mol. The van der Waals surface area contributed by atoms with E-state index in [9.17, 15) is 9.59 Å². The first-order chi connectivity index (χ1) is 14.0. The first-order valence-corrected chi connectivity index (χ1v) is 9.82. The zero-order valence-corrected chi connectivity index (χ0v) is 17.7. The number of amides is 1. The SMILES string of the molecule is COCCOc1cc(NC(=O)c2ccccc2SC(C)C(=O)OC)ccc1OC. The summed E-state index contributed by atoms with van der Waals surface area (Å²) < 4.78 is 20.7. The molecule has 1 atom stereocenters. The van der Waals surface area contributed by atoms with Gasteiger partial charge in [0.2, 0.25) is 0 Å². The maximum absolute atomic E-state index is 12.8. The Balaban J connectivity index is 2.18. The molecule has 0 spiro atoms. The van der Waals surface area contributed by atoms with Crippen LogP contribution in [-0.4, -0.2) is 51.7 Å². The highest BCUT2D eigenvalue weighted by molar-refractivity contribution is 8.00. The number of hydrogen-bond donors (Lipinski definition) is 1. The van der Waals surface area contributed by atoms with E-state index >= 15 is 0 Å². The van der Waals surface area contributed by atoms with Crippen LogP contribution in [0.3, 0.4) is 0 Å². The van der Waals surface area contributed by atoms with Crippen molar-refractivity contribution in [2.24, 2.45) is 0 Å². The Morgan fingerprint density at radius 2 is 1.79 bits per heavy atom. The number of ether oxygens (including phenoxy) is 4. The van der Waals surface area contributed by atoms with Crippen LogP contribution in [0.5, 0.6) is 11.5 Å². The number of esters is 1. The summed E-state index contributed by atoms with van der Waals surface area (Å²) in [6.45, 7) is 2.52. The second-order valence-corrected chi connectivity index (χ2v) is 7.32. The third-order valence-corrected chi connectivity index (χ3v) is 5.09. The van der Waals surface area contributed by atoms with Crippen molar-refractivity contribution in [3.05, 3.63) is 48.0 Å². The summed E-state index contributed by atoms with van der Waals surface area (Å²) in [5.74, 6) is 0.419.